The van der Waals surface area contributed by atoms with Gasteiger partial charge in [0.05, 0.1) is 12.6 Å². The number of carbonyl (C=O) groups is 3. The SMILES string of the molecule is CC(=O)OCC[C@H](Cc1ccccc1)C(=O)N(C)[C@@H](C)[C@@H](OC(C)=O)c1ccccc1. The van der Waals surface area contributed by atoms with Gasteiger partial charge in [0.15, 0.2) is 0 Å². The number of benzene rings is 2. The molecular formula is C25H31NO5. The fraction of sp³-hybridized carbons (Fsp3) is 0.400. The number of esters is 2. The molecule has 2 rings (SSSR count). The molecule has 2 aromatic carbocycles. The summed E-state index contributed by atoms with van der Waals surface area (Å²) in [5.74, 6) is -1.23. The van der Waals surface area contributed by atoms with Crippen molar-refractivity contribution >= 4 is 17.8 Å². The van der Waals surface area contributed by atoms with E-state index in [1.54, 1.807) is 11.9 Å². The van der Waals surface area contributed by atoms with Crippen molar-refractivity contribution in [3.63, 3.8) is 0 Å². The van der Waals surface area contributed by atoms with E-state index >= 15 is 0 Å². The van der Waals surface area contributed by atoms with Crippen molar-refractivity contribution in [1.29, 1.82) is 0 Å². The largest absolute Gasteiger partial charge is 0.466 e. The summed E-state index contributed by atoms with van der Waals surface area (Å²) in [6.45, 7) is 4.75. The molecule has 3 atom stereocenters. The molecular weight excluding hydrogens is 394 g/mol. The maximum Gasteiger partial charge on any atom is 0.303 e. The normalized spacial score (nSPS) is 13.5. The van der Waals surface area contributed by atoms with Crippen LogP contribution in [0.15, 0.2) is 60.7 Å². The molecule has 0 radical (unpaired) electrons. The first-order valence-corrected chi connectivity index (χ1v) is 10.5. The van der Waals surface area contributed by atoms with E-state index in [0.717, 1.165) is 11.1 Å². The van der Waals surface area contributed by atoms with E-state index in [9.17, 15) is 14.4 Å². The van der Waals surface area contributed by atoms with Crippen molar-refractivity contribution in [2.24, 2.45) is 5.92 Å². The second kappa shape index (κ2) is 11.9. The van der Waals surface area contributed by atoms with Gasteiger partial charge in [-0.2, -0.15) is 0 Å². The second-order valence-electron chi connectivity index (χ2n) is 7.65. The summed E-state index contributed by atoms with van der Waals surface area (Å²) in [6.07, 6.45) is 0.355. The van der Waals surface area contributed by atoms with E-state index in [1.165, 1.54) is 13.8 Å². The van der Waals surface area contributed by atoms with Gasteiger partial charge in [0.2, 0.25) is 5.91 Å². The lowest BCUT2D eigenvalue weighted by atomic mass is 9.93. The maximum atomic E-state index is 13.4. The van der Waals surface area contributed by atoms with Gasteiger partial charge in [-0.25, -0.2) is 0 Å². The fourth-order valence-corrected chi connectivity index (χ4v) is 3.51. The molecule has 0 aliphatic rings. The van der Waals surface area contributed by atoms with Crippen LogP contribution in [0.3, 0.4) is 0 Å². The average molecular weight is 426 g/mol. The number of hydrogen-bond acceptors (Lipinski definition) is 5. The van der Waals surface area contributed by atoms with E-state index in [-0.39, 0.29) is 30.4 Å². The van der Waals surface area contributed by atoms with Gasteiger partial charge in [0, 0.05) is 26.8 Å². The lowest BCUT2D eigenvalue weighted by Crippen LogP contribution is -2.44. The van der Waals surface area contributed by atoms with Crippen molar-refractivity contribution in [3.8, 4) is 0 Å². The summed E-state index contributed by atoms with van der Waals surface area (Å²) < 4.78 is 10.7. The monoisotopic (exact) mass is 425 g/mol. The Hall–Kier alpha value is -3.15. The Morgan fingerprint density at radius 3 is 2.03 bits per heavy atom. The van der Waals surface area contributed by atoms with Crippen LogP contribution in [-0.4, -0.2) is 42.4 Å². The summed E-state index contributed by atoms with van der Waals surface area (Å²) in [5.41, 5.74) is 1.86. The highest BCUT2D eigenvalue weighted by Crippen LogP contribution is 2.26. The van der Waals surface area contributed by atoms with Crippen LogP contribution < -0.4 is 0 Å². The molecule has 0 aliphatic carbocycles. The molecule has 6 heteroatoms. The van der Waals surface area contributed by atoms with Crippen LogP contribution in [0.2, 0.25) is 0 Å². The summed E-state index contributed by atoms with van der Waals surface area (Å²) >= 11 is 0. The van der Waals surface area contributed by atoms with Gasteiger partial charge in [0.1, 0.15) is 6.10 Å². The third kappa shape index (κ3) is 7.55. The minimum Gasteiger partial charge on any atom is -0.466 e. The molecule has 0 saturated heterocycles. The molecule has 1 amide bonds. The van der Waals surface area contributed by atoms with E-state index in [1.807, 2.05) is 67.6 Å². The molecule has 0 spiro atoms. The zero-order valence-electron chi connectivity index (χ0n) is 18.6. The van der Waals surface area contributed by atoms with Gasteiger partial charge in [-0.05, 0) is 30.9 Å². The fourth-order valence-electron chi connectivity index (χ4n) is 3.51. The minimum atomic E-state index is -0.585. The molecule has 6 nitrogen and oxygen atoms in total. The van der Waals surface area contributed by atoms with Crippen LogP contribution in [0.5, 0.6) is 0 Å². The number of nitrogens with zero attached hydrogens (tertiary/aromatic N) is 1. The molecule has 0 N–H and O–H groups in total. The number of hydrogen-bond donors (Lipinski definition) is 0. The zero-order valence-corrected chi connectivity index (χ0v) is 18.6. The van der Waals surface area contributed by atoms with Gasteiger partial charge in [-0.15, -0.1) is 0 Å². The maximum absolute atomic E-state index is 13.4. The van der Waals surface area contributed by atoms with E-state index < -0.39 is 12.1 Å². The third-order valence-electron chi connectivity index (χ3n) is 5.26. The standard InChI is InChI=1S/C25H31NO5/c1-18(24(31-20(3)28)22-13-9-6-10-14-22)26(4)25(29)23(15-16-30-19(2)27)17-21-11-7-5-8-12-21/h5-14,18,23-24H,15-17H2,1-4H3/t18-,23+,24+/m0/s1. The summed E-state index contributed by atoms with van der Waals surface area (Å²) in [4.78, 5) is 38.0. The average Bonchev–Trinajstić information content (AvgIpc) is 2.76. The van der Waals surface area contributed by atoms with Crippen molar-refractivity contribution < 1.29 is 23.9 Å². The molecule has 0 saturated carbocycles. The number of likely N-dealkylation sites (N-methyl/N-ethyl adjacent to an activating group) is 1. The zero-order chi connectivity index (χ0) is 22.8. The highest BCUT2D eigenvalue weighted by Gasteiger charge is 2.32. The first-order valence-electron chi connectivity index (χ1n) is 10.5. The van der Waals surface area contributed by atoms with Crippen molar-refractivity contribution in [2.45, 2.75) is 45.8 Å². The molecule has 0 unspecified atom stereocenters. The van der Waals surface area contributed by atoms with Crippen LogP contribution in [0, 0.1) is 5.92 Å². The van der Waals surface area contributed by atoms with Gasteiger partial charge in [-0.1, -0.05) is 60.7 Å². The number of carbonyl (C=O) groups excluding carboxylic acids is 3. The number of rotatable bonds is 10. The van der Waals surface area contributed by atoms with Crippen LogP contribution in [-0.2, 0) is 30.3 Å². The summed E-state index contributed by atoms with van der Waals surface area (Å²) in [7, 11) is 1.72. The lowest BCUT2D eigenvalue weighted by molar-refractivity contribution is -0.154. The molecule has 0 bridgehead atoms. The number of ether oxygens (including phenoxy) is 2. The van der Waals surface area contributed by atoms with Gasteiger partial charge >= 0.3 is 11.9 Å². The Labute approximate surface area is 184 Å². The first-order chi connectivity index (χ1) is 14.8. The number of amides is 1. The van der Waals surface area contributed by atoms with Crippen LogP contribution in [0.4, 0.5) is 0 Å². The second-order valence-corrected chi connectivity index (χ2v) is 7.65. The Balaban J connectivity index is 2.21. The Bertz CT molecular complexity index is 853. The van der Waals surface area contributed by atoms with Crippen LogP contribution in [0.1, 0.15) is 44.4 Å². The van der Waals surface area contributed by atoms with Crippen LogP contribution >= 0.6 is 0 Å². The lowest BCUT2D eigenvalue weighted by Gasteiger charge is -2.34. The molecule has 2 aromatic rings. The highest BCUT2D eigenvalue weighted by atomic mass is 16.5. The molecule has 166 valence electrons. The van der Waals surface area contributed by atoms with Crippen molar-refractivity contribution in [1.82, 2.24) is 4.90 Å². The van der Waals surface area contributed by atoms with Gasteiger partial charge < -0.3 is 14.4 Å². The highest BCUT2D eigenvalue weighted by molar-refractivity contribution is 5.79. The molecule has 0 heterocycles. The molecule has 0 fully saturated rings. The Morgan fingerprint density at radius 1 is 0.903 bits per heavy atom. The predicted molar refractivity (Wildman–Crippen MR) is 118 cm³/mol. The van der Waals surface area contributed by atoms with Crippen LogP contribution in [0.25, 0.3) is 0 Å². The van der Waals surface area contributed by atoms with Crippen molar-refractivity contribution in [3.05, 3.63) is 71.8 Å². The Kier molecular flexibility index (Phi) is 9.25. The smallest absolute Gasteiger partial charge is 0.303 e. The van der Waals surface area contributed by atoms with E-state index in [0.29, 0.717) is 12.8 Å². The first kappa shape index (κ1) is 24.1. The summed E-state index contributed by atoms with van der Waals surface area (Å²) in [5, 5.41) is 0. The third-order valence-corrected chi connectivity index (χ3v) is 5.26. The van der Waals surface area contributed by atoms with E-state index in [4.69, 9.17) is 9.47 Å². The molecule has 0 aromatic heterocycles. The van der Waals surface area contributed by atoms with Gasteiger partial charge in [0.25, 0.3) is 0 Å². The predicted octanol–water partition coefficient (Wildman–Crippen LogP) is 3.95. The topological polar surface area (TPSA) is 72.9 Å². The van der Waals surface area contributed by atoms with Gasteiger partial charge in [-0.3, -0.25) is 14.4 Å². The molecule has 31 heavy (non-hydrogen) atoms. The van der Waals surface area contributed by atoms with E-state index in [2.05, 4.69) is 0 Å². The summed E-state index contributed by atoms with van der Waals surface area (Å²) in [6, 6.07) is 18.7. The Morgan fingerprint density at radius 2 is 1.48 bits per heavy atom. The molecule has 0 aliphatic heterocycles. The van der Waals surface area contributed by atoms with Crippen molar-refractivity contribution in [2.75, 3.05) is 13.7 Å². The quantitative estimate of drug-likeness (QED) is 0.539. The minimum absolute atomic E-state index is 0.0865.